The van der Waals surface area contributed by atoms with Gasteiger partial charge in [0.1, 0.15) is 17.7 Å². The number of furan rings is 1. The van der Waals surface area contributed by atoms with E-state index in [4.69, 9.17) is 9.15 Å². The number of hydrogen-bond acceptors (Lipinski definition) is 5. The predicted molar refractivity (Wildman–Crippen MR) is 94.3 cm³/mol. The van der Waals surface area contributed by atoms with E-state index >= 15 is 0 Å². The SMILES string of the molecule is CC[C@@]1(C(=O)OC)[NH2+][C@@H](c2ccco2)[C@H]2C(=O)N(c3ccc(F)cc3)C(=O)[C@H]21. The Kier molecular flexibility index (Phi) is 4.30. The van der Waals surface area contributed by atoms with E-state index in [0.29, 0.717) is 12.2 Å². The summed E-state index contributed by atoms with van der Waals surface area (Å²) in [6.45, 7) is 1.79. The van der Waals surface area contributed by atoms with Crippen LogP contribution in [0.4, 0.5) is 10.1 Å². The molecular weight excluding hydrogens is 367 g/mol. The van der Waals surface area contributed by atoms with Gasteiger partial charge in [0.05, 0.1) is 19.1 Å². The van der Waals surface area contributed by atoms with E-state index in [1.54, 1.807) is 24.4 Å². The van der Waals surface area contributed by atoms with Crippen LogP contribution in [0.1, 0.15) is 25.1 Å². The lowest BCUT2D eigenvalue weighted by Gasteiger charge is -2.27. The zero-order valence-corrected chi connectivity index (χ0v) is 15.4. The molecule has 0 radical (unpaired) electrons. The van der Waals surface area contributed by atoms with Crippen molar-refractivity contribution >= 4 is 23.5 Å². The number of methoxy groups -OCH3 is 1. The summed E-state index contributed by atoms with van der Waals surface area (Å²) in [5.74, 6) is -3.13. The van der Waals surface area contributed by atoms with Gasteiger partial charge in [0.2, 0.25) is 17.4 Å². The number of fused-ring (bicyclic) bond motifs is 1. The molecule has 8 heteroatoms. The van der Waals surface area contributed by atoms with Crippen LogP contribution in [-0.4, -0.2) is 30.4 Å². The Morgan fingerprint density at radius 1 is 1.25 bits per heavy atom. The maximum absolute atomic E-state index is 13.3. The molecule has 1 aromatic carbocycles. The summed E-state index contributed by atoms with van der Waals surface area (Å²) in [4.78, 5) is 40.4. The smallest absolute Gasteiger partial charge is 0.368 e. The first kappa shape index (κ1) is 18.4. The second-order valence-electron chi connectivity index (χ2n) is 7.09. The molecule has 2 aliphatic rings. The molecule has 2 fully saturated rings. The Morgan fingerprint density at radius 2 is 1.96 bits per heavy atom. The van der Waals surface area contributed by atoms with Gasteiger partial charge in [-0.3, -0.25) is 9.59 Å². The molecule has 2 amide bonds. The van der Waals surface area contributed by atoms with Crippen molar-refractivity contribution in [1.29, 1.82) is 0 Å². The zero-order chi connectivity index (χ0) is 20.1. The van der Waals surface area contributed by atoms with Crippen molar-refractivity contribution in [3.8, 4) is 0 Å². The lowest BCUT2D eigenvalue weighted by atomic mass is 9.78. The molecule has 2 saturated heterocycles. The van der Waals surface area contributed by atoms with Crippen molar-refractivity contribution in [3.05, 3.63) is 54.2 Å². The molecule has 2 aromatic rings. The number of quaternary nitrogens is 1. The minimum absolute atomic E-state index is 0.277. The van der Waals surface area contributed by atoms with Crippen LogP contribution < -0.4 is 10.2 Å². The van der Waals surface area contributed by atoms with Crippen LogP contribution in [0.5, 0.6) is 0 Å². The third kappa shape index (κ3) is 2.41. The van der Waals surface area contributed by atoms with Crippen molar-refractivity contribution in [2.45, 2.75) is 24.9 Å². The van der Waals surface area contributed by atoms with Crippen molar-refractivity contribution in [3.63, 3.8) is 0 Å². The minimum Gasteiger partial charge on any atom is -0.464 e. The lowest BCUT2D eigenvalue weighted by molar-refractivity contribution is -0.735. The Morgan fingerprint density at radius 3 is 2.54 bits per heavy atom. The summed E-state index contributed by atoms with van der Waals surface area (Å²) < 4.78 is 23.8. The second kappa shape index (κ2) is 6.56. The van der Waals surface area contributed by atoms with Gasteiger partial charge in [-0.05, 0) is 36.4 Å². The van der Waals surface area contributed by atoms with Gasteiger partial charge in [-0.15, -0.1) is 0 Å². The molecular formula is C20H20FN2O5+. The minimum atomic E-state index is -1.24. The van der Waals surface area contributed by atoms with E-state index in [1.807, 2.05) is 0 Å². The molecule has 0 spiro atoms. The summed E-state index contributed by atoms with van der Waals surface area (Å²) in [5.41, 5.74) is -0.961. The van der Waals surface area contributed by atoms with Gasteiger partial charge < -0.3 is 14.5 Å². The monoisotopic (exact) mass is 387 g/mol. The molecule has 3 heterocycles. The Bertz CT molecular complexity index is 927. The van der Waals surface area contributed by atoms with E-state index < -0.39 is 47.0 Å². The van der Waals surface area contributed by atoms with Gasteiger partial charge in [-0.25, -0.2) is 14.1 Å². The van der Waals surface area contributed by atoms with Crippen molar-refractivity contribution in [2.75, 3.05) is 12.0 Å². The largest absolute Gasteiger partial charge is 0.464 e. The van der Waals surface area contributed by atoms with Crippen LogP contribution in [0.15, 0.2) is 47.1 Å². The van der Waals surface area contributed by atoms with Gasteiger partial charge in [0.25, 0.3) is 0 Å². The molecule has 0 saturated carbocycles. The van der Waals surface area contributed by atoms with Gasteiger partial charge in [-0.2, -0.15) is 0 Å². The number of nitrogens with zero attached hydrogens (tertiary/aromatic N) is 1. The fourth-order valence-electron chi connectivity index (χ4n) is 4.57. The van der Waals surface area contributed by atoms with E-state index in [0.717, 1.165) is 4.90 Å². The first-order valence-corrected chi connectivity index (χ1v) is 9.06. The third-order valence-corrected chi connectivity index (χ3v) is 5.88. The molecule has 2 N–H and O–H groups in total. The molecule has 4 atom stereocenters. The number of nitrogens with two attached hydrogens (primary N) is 1. The molecule has 0 bridgehead atoms. The molecule has 0 unspecified atom stereocenters. The topological polar surface area (TPSA) is 93.4 Å². The first-order valence-electron chi connectivity index (χ1n) is 9.06. The average molecular weight is 387 g/mol. The number of amides is 2. The Labute approximate surface area is 160 Å². The van der Waals surface area contributed by atoms with E-state index in [2.05, 4.69) is 0 Å². The summed E-state index contributed by atoms with van der Waals surface area (Å²) in [5, 5.41) is 1.73. The van der Waals surface area contributed by atoms with Gasteiger partial charge >= 0.3 is 5.97 Å². The van der Waals surface area contributed by atoms with E-state index in [-0.39, 0.29) is 5.69 Å². The Hall–Kier alpha value is -3.00. The summed E-state index contributed by atoms with van der Waals surface area (Å²) >= 11 is 0. The average Bonchev–Trinajstić information content (AvgIpc) is 3.39. The number of halogens is 1. The highest BCUT2D eigenvalue weighted by Crippen LogP contribution is 2.46. The maximum Gasteiger partial charge on any atom is 0.368 e. The van der Waals surface area contributed by atoms with Crippen LogP contribution in [0.25, 0.3) is 0 Å². The van der Waals surface area contributed by atoms with Crippen molar-refractivity contribution < 1.29 is 33.2 Å². The molecule has 2 aliphatic heterocycles. The molecule has 1 aromatic heterocycles. The van der Waals surface area contributed by atoms with Crippen molar-refractivity contribution in [1.82, 2.24) is 0 Å². The quantitative estimate of drug-likeness (QED) is 0.628. The number of imide groups is 1. The number of carbonyl (C=O) groups is 3. The highest BCUT2D eigenvalue weighted by molar-refractivity contribution is 6.23. The predicted octanol–water partition coefficient (Wildman–Crippen LogP) is 1.16. The zero-order valence-electron chi connectivity index (χ0n) is 15.4. The molecule has 7 nitrogen and oxygen atoms in total. The van der Waals surface area contributed by atoms with E-state index in [1.165, 1.54) is 37.6 Å². The number of esters is 1. The number of carbonyl (C=O) groups excluding carboxylic acids is 3. The third-order valence-electron chi connectivity index (χ3n) is 5.88. The van der Waals surface area contributed by atoms with E-state index in [9.17, 15) is 18.8 Å². The number of rotatable bonds is 4. The molecule has 4 rings (SSSR count). The normalized spacial score (nSPS) is 29.2. The van der Waals surface area contributed by atoms with Gasteiger partial charge in [-0.1, -0.05) is 6.92 Å². The fourth-order valence-corrected chi connectivity index (χ4v) is 4.57. The van der Waals surface area contributed by atoms with Crippen molar-refractivity contribution in [2.24, 2.45) is 11.8 Å². The summed E-state index contributed by atoms with van der Waals surface area (Å²) in [6.07, 6.45) is 1.79. The van der Waals surface area contributed by atoms with Gasteiger partial charge in [0, 0.05) is 6.42 Å². The first-order chi connectivity index (χ1) is 13.4. The number of ether oxygens (including phenoxy) is 1. The number of anilines is 1. The lowest BCUT2D eigenvalue weighted by Crippen LogP contribution is -2.98. The standard InChI is InChI=1S/C20H19FN2O5/c1-3-20(19(26)27-2)15-14(16(22-20)13-5-4-10-28-13)17(24)23(18(15)25)12-8-6-11(21)7-9-12/h4-10,14-16,22H,3H2,1-2H3/p+1/t14-,15-,16-,20+/m0/s1. The highest BCUT2D eigenvalue weighted by Gasteiger charge is 2.72. The van der Waals surface area contributed by atoms with Crippen LogP contribution >= 0.6 is 0 Å². The summed E-state index contributed by atoms with van der Waals surface area (Å²) in [6, 6.07) is 8.01. The maximum atomic E-state index is 13.3. The molecule has 0 aliphatic carbocycles. The highest BCUT2D eigenvalue weighted by atomic mass is 19.1. The fraction of sp³-hybridized carbons (Fsp3) is 0.350. The second-order valence-corrected chi connectivity index (χ2v) is 7.09. The molecule has 146 valence electrons. The van der Waals surface area contributed by atoms with Gasteiger partial charge in [0.15, 0.2) is 11.8 Å². The molecule has 28 heavy (non-hydrogen) atoms. The van der Waals surface area contributed by atoms with Crippen LogP contribution in [0.3, 0.4) is 0 Å². The number of benzene rings is 1. The van der Waals surface area contributed by atoms with Crippen LogP contribution in [-0.2, 0) is 19.1 Å². The van der Waals surface area contributed by atoms with Crippen LogP contribution in [0.2, 0.25) is 0 Å². The van der Waals surface area contributed by atoms with Crippen LogP contribution in [0, 0.1) is 17.7 Å². The summed E-state index contributed by atoms with van der Waals surface area (Å²) in [7, 11) is 1.27. The number of hydrogen-bond donors (Lipinski definition) is 1. The Balaban J connectivity index is 1.84.